The summed E-state index contributed by atoms with van der Waals surface area (Å²) >= 11 is 8.79. The number of thiazole rings is 1. The van der Waals surface area contributed by atoms with E-state index in [4.69, 9.17) is 11.6 Å². The summed E-state index contributed by atoms with van der Waals surface area (Å²) in [5, 5.41) is 8.77. The van der Waals surface area contributed by atoms with Gasteiger partial charge in [-0.05, 0) is 50.1 Å². The molecule has 0 spiro atoms. The molecule has 1 heterocycles. The molecule has 1 aliphatic carbocycles. The van der Waals surface area contributed by atoms with Gasteiger partial charge in [-0.25, -0.2) is 4.98 Å². The molecule has 2 N–H and O–H groups in total. The maximum absolute atomic E-state index is 12.7. The van der Waals surface area contributed by atoms with Crippen LogP contribution in [0, 0.1) is 5.92 Å². The van der Waals surface area contributed by atoms with Crippen LogP contribution in [-0.4, -0.2) is 22.0 Å². The number of benzene rings is 2. The van der Waals surface area contributed by atoms with E-state index in [1.807, 2.05) is 60.8 Å². The summed E-state index contributed by atoms with van der Waals surface area (Å²) < 4.78 is 0. The number of halogens is 1. The van der Waals surface area contributed by atoms with E-state index >= 15 is 0 Å². The van der Waals surface area contributed by atoms with Crippen LogP contribution in [-0.2, 0) is 9.59 Å². The van der Waals surface area contributed by atoms with Crippen LogP contribution in [0.5, 0.6) is 0 Å². The fourth-order valence-electron chi connectivity index (χ4n) is 3.81. The van der Waals surface area contributed by atoms with Crippen LogP contribution in [0.25, 0.3) is 11.3 Å². The van der Waals surface area contributed by atoms with Crippen molar-refractivity contribution in [3.8, 4) is 11.3 Å². The quantitative estimate of drug-likeness (QED) is 0.340. The topological polar surface area (TPSA) is 71.1 Å². The lowest BCUT2D eigenvalue weighted by Gasteiger charge is -2.21. The molecule has 1 aliphatic rings. The normalized spacial score (nSPS) is 15.1. The summed E-state index contributed by atoms with van der Waals surface area (Å²) in [6.45, 7) is 1.86. The Bertz CT molecular complexity index is 1110. The highest BCUT2D eigenvalue weighted by Crippen LogP contribution is 2.30. The fraction of sp³-hybridized carbons (Fsp3) is 0.320. The van der Waals surface area contributed by atoms with Crippen molar-refractivity contribution in [2.75, 3.05) is 10.6 Å². The number of hydrogen-bond acceptors (Lipinski definition) is 5. The number of carbonyl (C=O) groups excluding carboxylic acids is 2. The molecule has 1 fully saturated rings. The van der Waals surface area contributed by atoms with Crippen molar-refractivity contribution in [1.29, 1.82) is 0 Å². The van der Waals surface area contributed by atoms with E-state index in [1.165, 1.54) is 29.5 Å². The van der Waals surface area contributed by atoms with Gasteiger partial charge in [-0.15, -0.1) is 23.1 Å². The van der Waals surface area contributed by atoms with Gasteiger partial charge in [-0.2, -0.15) is 0 Å². The minimum atomic E-state index is -0.322. The van der Waals surface area contributed by atoms with Crippen molar-refractivity contribution in [2.24, 2.45) is 5.92 Å². The molecule has 3 aromatic rings. The van der Waals surface area contributed by atoms with Crippen molar-refractivity contribution in [3.63, 3.8) is 0 Å². The van der Waals surface area contributed by atoms with E-state index in [1.54, 1.807) is 0 Å². The van der Waals surface area contributed by atoms with Crippen LogP contribution in [0.15, 0.2) is 58.8 Å². The zero-order chi connectivity index (χ0) is 23.2. The van der Waals surface area contributed by atoms with Gasteiger partial charge in [0.25, 0.3) is 0 Å². The monoisotopic (exact) mass is 499 g/mol. The third-order valence-corrected chi connectivity index (χ3v) is 7.74. The van der Waals surface area contributed by atoms with Gasteiger partial charge in [-0.3, -0.25) is 9.59 Å². The highest BCUT2D eigenvalue weighted by molar-refractivity contribution is 8.00. The molecule has 1 unspecified atom stereocenters. The highest BCUT2D eigenvalue weighted by atomic mass is 35.5. The van der Waals surface area contributed by atoms with Gasteiger partial charge in [0, 0.05) is 32.5 Å². The Balaban J connectivity index is 1.33. The predicted octanol–water partition coefficient (Wildman–Crippen LogP) is 7.10. The minimum absolute atomic E-state index is 0.0999. The molecular formula is C25H26ClN3O2S2. The summed E-state index contributed by atoms with van der Waals surface area (Å²) in [5.41, 5.74) is 2.52. The fourth-order valence-corrected chi connectivity index (χ4v) is 5.58. The SMILES string of the molecule is CC(Sc1cccc(NC(=O)C2CCCCC2)c1)C(=O)Nc1nc(-c2ccc(Cl)cc2)cs1. The smallest absolute Gasteiger partial charge is 0.239 e. The molecule has 33 heavy (non-hydrogen) atoms. The van der Waals surface area contributed by atoms with E-state index in [0.29, 0.717) is 10.2 Å². The van der Waals surface area contributed by atoms with E-state index in [2.05, 4.69) is 15.6 Å². The van der Waals surface area contributed by atoms with Crippen LogP contribution in [0.1, 0.15) is 39.0 Å². The second-order valence-electron chi connectivity index (χ2n) is 8.15. The predicted molar refractivity (Wildman–Crippen MR) is 138 cm³/mol. The average Bonchev–Trinajstić information content (AvgIpc) is 3.28. The maximum Gasteiger partial charge on any atom is 0.239 e. The van der Waals surface area contributed by atoms with Crippen molar-refractivity contribution >= 4 is 57.3 Å². The number of anilines is 2. The molecule has 1 aromatic heterocycles. The van der Waals surface area contributed by atoms with Gasteiger partial charge in [-0.1, -0.05) is 49.1 Å². The molecule has 1 atom stereocenters. The van der Waals surface area contributed by atoms with Crippen LogP contribution >= 0.6 is 34.7 Å². The number of rotatable bonds is 7. The van der Waals surface area contributed by atoms with Crippen LogP contribution < -0.4 is 10.6 Å². The third kappa shape index (κ3) is 6.59. The van der Waals surface area contributed by atoms with Crippen LogP contribution in [0.3, 0.4) is 0 Å². The molecule has 2 amide bonds. The molecule has 5 nitrogen and oxygen atoms in total. The van der Waals surface area contributed by atoms with Gasteiger partial charge in [0.05, 0.1) is 10.9 Å². The first-order valence-electron chi connectivity index (χ1n) is 11.1. The Labute approximate surface area is 207 Å². The molecule has 0 aliphatic heterocycles. The Kier molecular flexibility index (Phi) is 8.06. The minimum Gasteiger partial charge on any atom is -0.326 e. The molecule has 1 saturated carbocycles. The van der Waals surface area contributed by atoms with E-state index < -0.39 is 0 Å². The summed E-state index contributed by atoms with van der Waals surface area (Å²) in [6, 6.07) is 15.1. The Morgan fingerprint density at radius 2 is 1.85 bits per heavy atom. The summed E-state index contributed by atoms with van der Waals surface area (Å²) in [7, 11) is 0. The molecule has 0 saturated heterocycles. The van der Waals surface area contributed by atoms with E-state index in [0.717, 1.165) is 47.5 Å². The molecule has 172 valence electrons. The first-order valence-corrected chi connectivity index (χ1v) is 13.2. The highest BCUT2D eigenvalue weighted by Gasteiger charge is 2.21. The number of carbonyl (C=O) groups is 2. The zero-order valence-electron chi connectivity index (χ0n) is 18.3. The average molecular weight is 500 g/mol. The number of nitrogens with zero attached hydrogens (tertiary/aromatic N) is 1. The molecular weight excluding hydrogens is 474 g/mol. The van der Waals surface area contributed by atoms with E-state index in [9.17, 15) is 9.59 Å². The van der Waals surface area contributed by atoms with E-state index in [-0.39, 0.29) is 23.0 Å². The van der Waals surface area contributed by atoms with Crippen molar-refractivity contribution < 1.29 is 9.59 Å². The van der Waals surface area contributed by atoms with Gasteiger partial charge < -0.3 is 10.6 Å². The second-order valence-corrected chi connectivity index (χ2v) is 10.9. The van der Waals surface area contributed by atoms with Crippen molar-refractivity contribution in [2.45, 2.75) is 49.2 Å². The number of nitrogens with one attached hydrogen (secondary N) is 2. The Morgan fingerprint density at radius 3 is 2.61 bits per heavy atom. The lowest BCUT2D eigenvalue weighted by molar-refractivity contribution is -0.120. The standard InChI is InChI=1S/C25H26ClN3O2S2/c1-16(23(30)29-25-28-22(15-32-25)17-10-12-19(26)13-11-17)33-21-9-5-8-20(14-21)27-24(31)18-6-3-2-4-7-18/h5,8-16,18H,2-4,6-7H2,1H3,(H,27,31)(H,28,29,30). The lowest BCUT2D eigenvalue weighted by atomic mass is 9.88. The number of thioether (sulfide) groups is 1. The van der Waals surface area contributed by atoms with Gasteiger partial charge in [0.15, 0.2) is 5.13 Å². The van der Waals surface area contributed by atoms with Crippen molar-refractivity contribution in [1.82, 2.24) is 4.98 Å². The summed E-state index contributed by atoms with van der Waals surface area (Å²) in [4.78, 5) is 30.7. The maximum atomic E-state index is 12.7. The molecule has 2 aromatic carbocycles. The number of hydrogen-bond donors (Lipinski definition) is 2. The first-order chi connectivity index (χ1) is 16.0. The molecule has 4 rings (SSSR count). The van der Waals surface area contributed by atoms with Gasteiger partial charge in [0.1, 0.15) is 0 Å². The van der Waals surface area contributed by atoms with Crippen LogP contribution in [0.4, 0.5) is 10.8 Å². The van der Waals surface area contributed by atoms with Crippen LogP contribution in [0.2, 0.25) is 5.02 Å². The largest absolute Gasteiger partial charge is 0.326 e. The Hall–Kier alpha value is -2.35. The molecule has 8 heteroatoms. The zero-order valence-corrected chi connectivity index (χ0v) is 20.7. The van der Waals surface area contributed by atoms with Gasteiger partial charge in [0.2, 0.25) is 11.8 Å². The van der Waals surface area contributed by atoms with Crippen molar-refractivity contribution in [3.05, 3.63) is 58.9 Å². The molecule has 0 bridgehead atoms. The second kappa shape index (κ2) is 11.2. The first kappa shape index (κ1) is 23.8. The third-order valence-electron chi connectivity index (χ3n) is 5.63. The lowest BCUT2D eigenvalue weighted by Crippen LogP contribution is -2.24. The molecule has 0 radical (unpaired) electrons. The van der Waals surface area contributed by atoms with Gasteiger partial charge >= 0.3 is 0 Å². The number of amides is 2. The summed E-state index contributed by atoms with van der Waals surface area (Å²) in [6.07, 6.45) is 5.41. The number of aromatic nitrogens is 1. The Morgan fingerprint density at radius 1 is 1.09 bits per heavy atom. The summed E-state index contributed by atoms with van der Waals surface area (Å²) in [5.74, 6) is 0.0902.